The van der Waals surface area contributed by atoms with Crippen molar-refractivity contribution in [1.29, 1.82) is 0 Å². The highest BCUT2D eigenvalue weighted by atomic mass is 32.2. The summed E-state index contributed by atoms with van der Waals surface area (Å²) >= 11 is 0. The predicted octanol–water partition coefficient (Wildman–Crippen LogP) is 5.09. The van der Waals surface area contributed by atoms with Gasteiger partial charge in [0.2, 0.25) is 0 Å². The van der Waals surface area contributed by atoms with Gasteiger partial charge in [-0.3, -0.25) is 9.10 Å². The molecule has 200 valence electrons. The Hall–Kier alpha value is -2.79. The van der Waals surface area contributed by atoms with Gasteiger partial charge in [-0.05, 0) is 56.5 Å². The van der Waals surface area contributed by atoms with Gasteiger partial charge >= 0.3 is 12.1 Å². The van der Waals surface area contributed by atoms with Gasteiger partial charge in [-0.15, -0.1) is 0 Å². The van der Waals surface area contributed by atoms with Crippen molar-refractivity contribution in [3.63, 3.8) is 0 Å². The molecule has 0 bridgehead atoms. The molecule has 0 radical (unpaired) electrons. The number of alkyl halides is 3. The molecule has 0 aliphatic carbocycles. The number of halogens is 3. The normalized spacial score (nSPS) is 11.8. The molecule has 0 atom stereocenters. The van der Waals surface area contributed by atoms with Crippen molar-refractivity contribution >= 4 is 21.7 Å². The van der Waals surface area contributed by atoms with Crippen molar-refractivity contribution in [3.05, 3.63) is 53.6 Å². The first kappa shape index (κ1) is 29.4. The molecule has 0 saturated heterocycles. The summed E-state index contributed by atoms with van der Waals surface area (Å²) in [6, 6.07) is 9.08. The molecule has 0 saturated carbocycles. The van der Waals surface area contributed by atoms with Crippen LogP contribution < -0.4 is 9.04 Å². The highest BCUT2D eigenvalue weighted by molar-refractivity contribution is 7.92. The van der Waals surface area contributed by atoms with Crippen molar-refractivity contribution < 1.29 is 41.0 Å². The second-order valence-electron chi connectivity index (χ2n) is 8.11. The van der Waals surface area contributed by atoms with E-state index in [2.05, 4.69) is 0 Å². The lowest BCUT2D eigenvalue weighted by Gasteiger charge is -2.27. The third-order valence-corrected chi connectivity index (χ3v) is 7.10. The predicted molar refractivity (Wildman–Crippen MR) is 129 cm³/mol. The summed E-state index contributed by atoms with van der Waals surface area (Å²) in [6.45, 7) is 3.49. The fourth-order valence-electron chi connectivity index (χ4n) is 3.50. The van der Waals surface area contributed by atoms with Crippen LogP contribution in [-0.4, -0.2) is 45.9 Å². The summed E-state index contributed by atoms with van der Waals surface area (Å²) in [5, 5.41) is 8.95. The van der Waals surface area contributed by atoms with Gasteiger partial charge < -0.3 is 14.6 Å². The number of carbonyl (C=O) groups excluding carboxylic acids is 1. The average Bonchev–Trinajstić information content (AvgIpc) is 2.81. The van der Waals surface area contributed by atoms with Crippen LogP contribution in [0.4, 0.5) is 18.9 Å². The first-order valence-corrected chi connectivity index (χ1v) is 13.1. The van der Waals surface area contributed by atoms with Crippen LogP contribution in [0.1, 0.15) is 50.2 Å². The van der Waals surface area contributed by atoms with Crippen LogP contribution >= 0.6 is 0 Å². The molecule has 1 N–H and O–H groups in total. The van der Waals surface area contributed by atoms with Gasteiger partial charge in [0.15, 0.2) is 0 Å². The zero-order valence-electron chi connectivity index (χ0n) is 20.4. The average molecular weight is 532 g/mol. The summed E-state index contributed by atoms with van der Waals surface area (Å²) in [5.41, 5.74) is -0.718. The maximum atomic E-state index is 13.7. The molecule has 0 fully saturated rings. The lowest BCUT2D eigenvalue weighted by molar-refractivity contribution is -0.143. The van der Waals surface area contributed by atoms with E-state index in [9.17, 15) is 26.4 Å². The molecule has 7 nitrogen and oxygen atoms in total. The standard InChI is InChI=1S/C25H32F3NO6S/c1-3-34-24(31)11-5-4-6-14-29(20-9-7-10-21(18-20)35-16-8-15-30)36(32,33)23-17-19(2)12-13-22(23)25(26,27)28/h7,9-10,12-13,17-18,30H,3-6,8,11,14-16H2,1-2H3. The number of rotatable bonds is 14. The summed E-state index contributed by atoms with van der Waals surface area (Å²) in [7, 11) is -4.62. The molecular weight excluding hydrogens is 499 g/mol. The maximum absolute atomic E-state index is 13.7. The number of aliphatic hydroxyl groups is 1. The van der Waals surface area contributed by atoms with Crippen LogP contribution in [-0.2, 0) is 25.7 Å². The highest BCUT2D eigenvalue weighted by Crippen LogP contribution is 2.37. The highest BCUT2D eigenvalue weighted by Gasteiger charge is 2.39. The van der Waals surface area contributed by atoms with Gasteiger partial charge in [0.05, 0.1) is 29.4 Å². The number of unbranched alkanes of at least 4 members (excludes halogenated alkanes) is 2. The number of ether oxygens (including phenoxy) is 2. The van der Waals surface area contributed by atoms with E-state index in [1.165, 1.54) is 25.1 Å². The van der Waals surface area contributed by atoms with E-state index in [0.29, 0.717) is 37.0 Å². The summed E-state index contributed by atoms with van der Waals surface area (Å²) in [6.07, 6.45) is -3.10. The van der Waals surface area contributed by atoms with Crippen molar-refractivity contribution in [2.45, 2.75) is 57.0 Å². The quantitative estimate of drug-likeness (QED) is 0.270. The number of anilines is 1. The van der Waals surface area contributed by atoms with E-state index in [1.807, 2.05) is 0 Å². The number of hydrogen-bond acceptors (Lipinski definition) is 6. The molecule has 0 aliphatic heterocycles. The molecule has 0 spiro atoms. The van der Waals surface area contributed by atoms with E-state index in [0.717, 1.165) is 16.4 Å². The van der Waals surface area contributed by atoms with Crippen molar-refractivity contribution in [3.8, 4) is 5.75 Å². The van der Waals surface area contributed by atoms with Crippen molar-refractivity contribution in [2.24, 2.45) is 0 Å². The molecule has 11 heteroatoms. The Balaban J connectivity index is 2.39. The minimum absolute atomic E-state index is 0.0838. The molecule has 0 amide bonds. The number of benzene rings is 2. The number of aliphatic hydroxyl groups excluding tert-OH is 1. The van der Waals surface area contributed by atoms with Gasteiger partial charge in [0.1, 0.15) is 5.75 Å². The number of hydrogen-bond donors (Lipinski definition) is 1. The number of nitrogens with zero attached hydrogens (tertiary/aromatic N) is 1. The van der Waals surface area contributed by atoms with Crippen LogP contribution in [0, 0.1) is 6.92 Å². The van der Waals surface area contributed by atoms with Gasteiger partial charge in [0, 0.05) is 32.1 Å². The molecule has 0 heterocycles. The minimum atomic E-state index is -4.86. The Morgan fingerprint density at radius 2 is 1.81 bits per heavy atom. The topological polar surface area (TPSA) is 93.1 Å². The van der Waals surface area contributed by atoms with Crippen molar-refractivity contribution in [2.75, 3.05) is 30.7 Å². The lowest BCUT2D eigenvalue weighted by Crippen LogP contribution is -2.33. The fourth-order valence-corrected chi connectivity index (χ4v) is 5.30. The fraction of sp³-hybridized carbons (Fsp3) is 0.480. The molecular formula is C25H32F3NO6S. The largest absolute Gasteiger partial charge is 0.493 e. The van der Waals surface area contributed by atoms with Crippen LogP contribution in [0.15, 0.2) is 47.4 Å². The monoisotopic (exact) mass is 531 g/mol. The number of sulfonamides is 1. The zero-order chi connectivity index (χ0) is 26.8. The maximum Gasteiger partial charge on any atom is 0.417 e. The van der Waals surface area contributed by atoms with E-state index < -0.39 is 26.7 Å². The number of aryl methyl sites for hydroxylation is 1. The Morgan fingerprint density at radius 3 is 2.47 bits per heavy atom. The molecule has 0 aliphatic rings. The van der Waals surface area contributed by atoms with Gasteiger partial charge in [0.25, 0.3) is 10.0 Å². The second kappa shape index (κ2) is 13.5. The van der Waals surface area contributed by atoms with E-state index in [1.54, 1.807) is 19.1 Å². The van der Waals surface area contributed by atoms with Crippen LogP contribution in [0.3, 0.4) is 0 Å². The van der Waals surface area contributed by atoms with E-state index >= 15 is 0 Å². The van der Waals surface area contributed by atoms with Gasteiger partial charge in [-0.1, -0.05) is 18.6 Å². The second-order valence-corrected chi connectivity index (χ2v) is 9.94. The zero-order valence-corrected chi connectivity index (χ0v) is 21.2. The smallest absolute Gasteiger partial charge is 0.417 e. The minimum Gasteiger partial charge on any atom is -0.493 e. The molecule has 2 aromatic carbocycles. The first-order valence-electron chi connectivity index (χ1n) is 11.7. The first-order chi connectivity index (χ1) is 17.0. The third-order valence-electron chi connectivity index (χ3n) is 5.23. The lowest BCUT2D eigenvalue weighted by atomic mass is 10.1. The Labute approximate surface area is 209 Å². The SMILES string of the molecule is CCOC(=O)CCCCCN(c1cccc(OCCCO)c1)S(=O)(=O)c1cc(C)ccc1C(F)(F)F. The third kappa shape index (κ3) is 8.41. The number of esters is 1. The van der Waals surface area contributed by atoms with E-state index in [4.69, 9.17) is 14.6 Å². The molecule has 36 heavy (non-hydrogen) atoms. The Bertz CT molecular complexity index is 1110. The van der Waals surface area contributed by atoms with Crippen LogP contribution in [0.5, 0.6) is 5.75 Å². The van der Waals surface area contributed by atoms with Crippen molar-refractivity contribution in [1.82, 2.24) is 0 Å². The molecule has 2 aromatic rings. The summed E-state index contributed by atoms with van der Waals surface area (Å²) < 4.78 is 79.9. The van der Waals surface area contributed by atoms with Gasteiger partial charge in [-0.2, -0.15) is 13.2 Å². The summed E-state index contributed by atoms with van der Waals surface area (Å²) in [4.78, 5) is 10.7. The van der Waals surface area contributed by atoms with Crippen LogP contribution in [0.25, 0.3) is 0 Å². The Kier molecular flexibility index (Phi) is 11.0. The molecule has 0 unspecified atom stereocenters. The summed E-state index contributed by atoms with van der Waals surface area (Å²) in [5.74, 6) is -0.0342. The molecule has 2 rings (SSSR count). The molecule has 0 aromatic heterocycles. The van der Waals surface area contributed by atoms with E-state index in [-0.39, 0.29) is 44.4 Å². The number of carbonyl (C=O) groups is 1. The Morgan fingerprint density at radius 1 is 1.06 bits per heavy atom. The van der Waals surface area contributed by atoms with Gasteiger partial charge in [-0.25, -0.2) is 8.42 Å². The van der Waals surface area contributed by atoms with Crippen LogP contribution in [0.2, 0.25) is 0 Å².